The highest BCUT2D eigenvalue weighted by molar-refractivity contribution is 5.83. The van der Waals surface area contributed by atoms with Crippen molar-refractivity contribution in [3.8, 4) is 5.75 Å². The van der Waals surface area contributed by atoms with Gasteiger partial charge in [-0.15, -0.1) is 0 Å². The molecule has 6 heteroatoms. The summed E-state index contributed by atoms with van der Waals surface area (Å²) in [6.45, 7) is 2.46. The first kappa shape index (κ1) is 17.0. The molecule has 0 aliphatic carbocycles. The van der Waals surface area contributed by atoms with Gasteiger partial charge >= 0.3 is 11.6 Å². The van der Waals surface area contributed by atoms with Crippen LogP contribution in [0.1, 0.15) is 17.5 Å². The van der Waals surface area contributed by atoms with Gasteiger partial charge in [0.1, 0.15) is 17.9 Å². The monoisotopic (exact) mass is 320 g/mol. The summed E-state index contributed by atoms with van der Waals surface area (Å²) in [4.78, 5) is 23.1. The fourth-order valence-electron chi connectivity index (χ4n) is 2.32. The Kier molecular flexibility index (Phi) is 5.76. The molecule has 2 rings (SSSR count). The first-order chi connectivity index (χ1) is 11.0. The van der Waals surface area contributed by atoms with E-state index < -0.39 is 5.63 Å². The molecule has 0 N–H and O–H groups in total. The molecule has 6 nitrogen and oxygen atoms in total. The lowest BCUT2D eigenvalue weighted by Crippen LogP contribution is -2.10. The summed E-state index contributed by atoms with van der Waals surface area (Å²) in [5.41, 5.74) is 1.76. The van der Waals surface area contributed by atoms with Gasteiger partial charge in [0.15, 0.2) is 0 Å². The molecule has 0 fully saturated rings. The average molecular weight is 320 g/mol. The maximum absolute atomic E-state index is 11.7. The van der Waals surface area contributed by atoms with Crippen molar-refractivity contribution in [3.05, 3.63) is 39.7 Å². The van der Waals surface area contributed by atoms with Crippen molar-refractivity contribution >= 4 is 16.9 Å². The first-order valence-corrected chi connectivity index (χ1v) is 7.31. The highest BCUT2D eigenvalue weighted by Gasteiger charge is 2.12. The molecule has 0 aliphatic heterocycles. The molecule has 0 spiro atoms. The van der Waals surface area contributed by atoms with E-state index in [0.29, 0.717) is 24.4 Å². The summed E-state index contributed by atoms with van der Waals surface area (Å²) in [6, 6.07) is 5.00. The fraction of sp³-hybridized carbons (Fsp3) is 0.412. The second-order valence-corrected chi connectivity index (χ2v) is 5.12. The van der Waals surface area contributed by atoms with Gasteiger partial charge in [-0.3, -0.25) is 4.79 Å². The van der Waals surface area contributed by atoms with Gasteiger partial charge in [0, 0.05) is 31.0 Å². The highest BCUT2D eigenvalue weighted by atomic mass is 16.6. The predicted molar refractivity (Wildman–Crippen MR) is 84.9 cm³/mol. The van der Waals surface area contributed by atoms with Crippen molar-refractivity contribution in [2.24, 2.45) is 0 Å². The molecule has 0 amide bonds. The molecule has 0 saturated heterocycles. The largest absolute Gasteiger partial charge is 0.496 e. The van der Waals surface area contributed by atoms with Crippen LogP contribution in [0.5, 0.6) is 5.75 Å². The lowest BCUT2D eigenvalue weighted by molar-refractivity contribution is -0.144. The highest BCUT2D eigenvalue weighted by Crippen LogP contribution is 2.28. The molecule has 1 aromatic heterocycles. The smallest absolute Gasteiger partial charge is 0.336 e. The number of esters is 1. The molecule has 1 aromatic carbocycles. The van der Waals surface area contributed by atoms with Crippen molar-refractivity contribution in [1.29, 1.82) is 0 Å². The van der Waals surface area contributed by atoms with E-state index in [1.165, 1.54) is 13.2 Å². The van der Waals surface area contributed by atoms with E-state index in [9.17, 15) is 9.59 Å². The van der Waals surface area contributed by atoms with Crippen molar-refractivity contribution in [3.63, 3.8) is 0 Å². The Labute approximate surface area is 134 Å². The predicted octanol–water partition coefficient (Wildman–Crippen LogP) is 2.23. The van der Waals surface area contributed by atoms with Gasteiger partial charge in [-0.2, -0.15) is 0 Å². The van der Waals surface area contributed by atoms with Gasteiger partial charge in [-0.05, 0) is 30.5 Å². The maximum Gasteiger partial charge on any atom is 0.336 e. The minimum Gasteiger partial charge on any atom is -0.496 e. The Morgan fingerprint density at radius 2 is 1.96 bits per heavy atom. The fourth-order valence-corrected chi connectivity index (χ4v) is 2.32. The van der Waals surface area contributed by atoms with E-state index in [0.717, 1.165) is 16.5 Å². The van der Waals surface area contributed by atoms with Crippen molar-refractivity contribution in [2.45, 2.75) is 19.8 Å². The number of carbonyl (C=O) groups is 1. The molecule has 0 saturated carbocycles. The normalized spacial score (nSPS) is 10.7. The third kappa shape index (κ3) is 4.32. The summed E-state index contributed by atoms with van der Waals surface area (Å²) in [7, 11) is 3.09. The zero-order chi connectivity index (χ0) is 16.8. The Morgan fingerprint density at radius 3 is 2.65 bits per heavy atom. The molecule has 0 aliphatic rings. The summed E-state index contributed by atoms with van der Waals surface area (Å²) in [5, 5.41) is 0.827. The van der Waals surface area contributed by atoms with Crippen LogP contribution >= 0.6 is 0 Å². The van der Waals surface area contributed by atoms with Crippen LogP contribution in [0.25, 0.3) is 11.0 Å². The molecular formula is C17H20O6. The Balaban J connectivity index is 2.19. The summed E-state index contributed by atoms with van der Waals surface area (Å²) >= 11 is 0. The molecule has 0 bridgehead atoms. The molecule has 2 aromatic rings. The van der Waals surface area contributed by atoms with Crippen LogP contribution in [0, 0.1) is 6.92 Å². The quantitative estimate of drug-likeness (QED) is 0.442. The van der Waals surface area contributed by atoms with Crippen LogP contribution in [-0.4, -0.2) is 33.4 Å². The minimum atomic E-state index is -0.397. The van der Waals surface area contributed by atoms with Gasteiger partial charge in [-0.25, -0.2) is 4.79 Å². The number of rotatable bonds is 7. The van der Waals surface area contributed by atoms with Crippen LogP contribution in [0.2, 0.25) is 0 Å². The van der Waals surface area contributed by atoms with Crippen LogP contribution < -0.4 is 10.4 Å². The molecule has 0 radical (unpaired) electrons. The molecule has 124 valence electrons. The van der Waals surface area contributed by atoms with E-state index in [4.69, 9.17) is 18.6 Å². The van der Waals surface area contributed by atoms with Crippen molar-refractivity contribution < 1.29 is 23.4 Å². The number of hydrogen-bond donors (Lipinski definition) is 0. The number of fused-ring (bicyclic) bond motifs is 1. The number of benzene rings is 1. The Hall–Kier alpha value is -2.34. The number of hydrogen-bond acceptors (Lipinski definition) is 6. The molecule has 0 unspecified atom stereocenters. The average Bonchev–Trinajstić information content (AvgIpc) is 2.52. The van der Waals surface area contributed by atoms with Gasteiger partial charge in [0.2, 0.25) is 0 Å². The van der Waals surface area contributed by atoms with E-state index >= 15 is 0 Å². The molecule has 1 heterocycles. The third-order valence-electron chi connectivity index (χ3n) is 3.50. The van der Waals surface area contributed by atoms with Gasteiger partial charge in [0.25, 0.3) is 0 Å². The number of methoxy groups -OCH3 is 2. The standard InChI is InChI=1S/C17H20O6/c1-11-8-17(19)23-15-10-14(21-3)12(9-13(11)15)4-5-16(18)22-7-6-20-2/h8-10H,4-7H2,1-3H3. The van der Waals surface area contributed by atoms with Gasteiger partial charge < -0.3 is 18.6 Å². The van der Waals surface area contributed by atoms with E-state index in [2.05, 4.69) is 0 Å². The first-order valence-electron chi connectivity index (χ1n) is 7.31. The minimum absolute atomic E-state index is 0.238. The van der Waals surface area contributed by atoms with E-state index in [1.807, 2.05) is 13.0 Å². The maximum atomic E-state index is 11.7. The lowest BCUT2D eigenvalue weighted by Gasteiger charge is -2.11. The SMILES string of the molecule is COCCOC(=O)CCc1cc2c(C)cc(=O)oc2cc1OC. The second kappa shape index (κ2) is 7.78. The number of ether oxygens (including phenoxy) is 3. The molecular weight excluding hydrogens is 300 g/mol. The third-order valence-corrected chi connectivity index (χ3v) is 3.50. The van der Waals surface area contributed by atoms with Crippen LogP contribution in [0.15, 0.2) is 27.4 Å². The van der Waals surface area contributed by atoms with Crippen LogP contribution in [0.4, 0.5) is 0 Å². The Bertz CT molecular complexity index is 747. The zero-order valence-corrected chi connectivity index (χ0v) is 13.5. The van der Waals surface area contributed by atoms with Crippen molar-refractivity contribution in [2.75, 3.05) is 27.4 Å². The summed E-state index contributed by atoms with van der Waals surface area (Å²) in [6.07, 6.45) is 0.713. The topological polar surface area (TPSA) is 75.0 Å². The van der Waals surface area contributed by atoms with Gasteiger partial charge in [0.05, 0.1) is 13.7 Å². The summed E-state index contributed by atoms with van der Waals surface area (Å²) in [5.74, 6) is 0.288. The Morgan fingerprint density at radius 1 is 1.17 bits per heavy atom. The van der Waals surface area contributed by atoms with Gasteiger partial charge in [-0.1, -0.05) is 0 Å². The zero-order valence-electron chi connectivity index (χ0n) is 13.5. The molecule has 23 heavy (non-hydrogen) atoms. The summed E-state index contributed by atoms with van der Waals surface area (Å²) < 4.78 is 20.4. The second-order valence-electron chi connectivity index (χ2n) is 5.12. The number of aryl methyl sites for hydroxylation is 2. The molecule has 0 atom stereocenters. The van der Waals surface area contributed by atoms with Crippen LogP contribution in [0.3, 0.4) is 0 Å². The van der Waals surface area contributed by atoms with Crippen LogP contribution in [-0.2, 0) is 20.7 Å². The van der Waals surface area contributed by atoms with E-state index in [-0.39, 0.29) is 19.0 Å². The van der Waals surface area contributed by atoms with E-state index in [1.54, 1.807) is 13.2 Å². The lowest BCUT2D eigenvalue weighted by atomic mass is 10.0. The van der Waals surface area contributed by atoms with Crippen molar-refractivity contribution in [1.82, 2.24) is 0 Å². The number of carbonyl (C=O) groups excluding carboxylic acids is 1.